The second kappa shape index (κ2) is 5.60. The van der Waals surface area contributed by atoms with Crippen LogP contribution >= 0.6 is 11.8 Å². The van der Waals surface area contributed by atoms with E-state index in [4.69, 9.17) is 5.73 Å². The van der Waals surface area contributed by atoms with E-state index < -0.39 is 0 Å². The van der Waals surface area contributed by atoms with Crippen LogP contribution in [0, 0.1) is 6.92 Å². The molecule has 0 fully saturated rings. The van der Waals surface area contributed by atoms with Crippen LogP contribution in [0.4, 0.5) is 0 Å². The minimum absolute atomic E-state index is 0.163. The average Bonchev–Trinajstić information content (AvgIpc) is 2.94. The van der Waals surface area contributed by atoms with Crippen LogP contribution in [-0.2, 0) is 0 Å². The molecule has 3 rings (SSSR count). The topological polar surface area (TPSA) is 80.5 Å². The third-order valence-electron chi connectivity index (χ3n) is 3.07. The van der Waals surface area contributed by atoms with Crippen molar-refractivity contribution in [3.05, 3.63) is 48.0 Å². The van der Waals surface area contributed by atoms with Gasteiger partial charge in [-0.3, -0.25) is 0 Å². The van der Waals surface area contributed by atoms with Crippen LogP contribution in [-0.4, -0.2) is 26.5 Å². The van der Waals surface area contributed by atoms with Crippen molar-refractivity contribution in [3.63, 3.8) is 0 Å². The molecule has 6 heteroatoms. The summed E-state index contributed by atoms with van der Waals surface area (Å²) in [7, 11) is 0. The first kappa shape index (κ1) is 13.1. The van der Waals surface area contributed by atoms with Gasteiger partial charge in [-0.05, 0) is 12.5 Å². The van der Waals surface area contributed by atoms with Gasteiger partial charge in [0.15, 0.2) is 5.65 Å². The number of imidazole rings is 1. The predicted molar refractivity (Wildman–Crippen MR) is 80.5 cm³/mol. The van der Waals surface area contributed by atoms with Gasteiger partial charge in [0.25, 0.3) is 0 Å². The number of rotatable bonds is 4. The first-order valence-corrected chi connectivity index (χ1v) is 7.23. The Morgan fingerprint density at radius 2 is 2.20 bits per heavy atom. The fourth-order valence-corrected chi connectivity index (χ4v) is 3.11. The summed E-state index contributed by atoms with van der Waals surface area (Å²) in [6.07, 6.45) is 3.17. The molecule has 0 radical (unpaired) electrons. The van der Waals surface area contributed by atoms with Gasteiger partial charge in [0.1, 0.15) is 16.9 Å². The minimum atomic E-state index is 0.163. The van der Waals surface area contributed by atoms with Gasteiger partial charge >= 0.3 is 0 Å². The number of nitrogens with one attached hydrogen (secondary N) is 1. The molecule has 0 aliphatic heterocycles. The smallest absolute Gasteiger partial charge is 0.181 e. The van der Waals surface area contributed by atoms with E-state index in [0.29, 0.717) is 12.2 Å². The lowest BCUT2D eigenvalue weighted by Gasteiger charge is -2.15. The van der Waals surface area contributed by atoms with E-state index in [1.165, 1.54) is 17.5 Å². The normalized spacial score (nSPS) is 12.7. The molecule has 1 atom stereocenters. The van der Waals surface area contributed by atoms with Crippen LogP contribution in [0.25, 0.3) is 11.2 Å². The quantitative estimate of drug-likeness (QED) is 0.568. The lowest BCUT2D eigenvalue weighted by atomic mass is 10.1. The standard InChI is InChI=1S/C14H15N5S/c1-9-3-2-4-10(5-9)11(6-15)20-14-12-13(17-7-16-12)18-8-19-14/h2-5,7-8,11H,6,15H2,1H3,(H,16,17,18,19). The highest BCUT2D eigenvalue weighted by molar-refractivity contribution is 7.99. The predicted octanol–water partition coefficient (Wildman–Crippen LogP) is 2.45. The summed E-state index contributed by atoms with van der Waals surface area (Å²) in [5, 5.41) is 1.04. The van der Waals surface area contributed by atoms with Gasteiger partial charge in [-0.1, -0.05) is 41.6 Å². The van der Waals surface area contributed by atoms with E-state index in [1.54, 1.807) is 18.1 Å². The van der Waals surface area contributed by atoms with Crippen molar-refractivity contribution in [1.82, 2.24) is 19.9 Å². The van der Waals surface area contributed by atoms with E-state index in [9.17, 15) is 0 Å². The van der Waals surface area contributed by atoms with Crippen LogP contribution in [0.15, 0.2) is 41.9 Å². The summed E-state index contributed by atoms with van der Waals surface area (Å²) in [6, 6.07) is 8.40. The van der Waals surface area contributed by atoms with Crippen molar-refractivity contribution >= 4 is 22.9 Å². The summed E-state index contributed by atoms with van der Waals surface area (Å²) in [4.78, 5) is 15.7. The summed E-state index contributed by atoms with van der Waals surface area (Å²) in [5.74, 6) is 0. The number of nitrogens with zero attached hydrogens (tertiary/aromatic N) is 3. The molecular formula is C14H15N5S. The molecule has 0 spiro atoms. The van der Waals surface area contributed by atoms with Crippen molar-refractivity contribution in [1.29, 1.82) is 0 Å². The molecule has 0 saturated heterocycles. The van der Waals surface area contributed by atoms with Crippen molar-refractivity contribution in [3.8, 4) is 0 Å². The molecule has 102 valence electrons. The summed E-state index contributed by atoms with van der Waals surface area (Å²) < 4.78 is 0. The molecule has 1 unspecified atom stereocenters. The zero-order valence-corrected chi connectivity index (χ0v) is 11.9. The van der Waals surface area contributed by atoms with Crippen molar-refractivity contribution in [2.45, 2.75) is 17.2 Å². The maximum absolute atomic E-state index is 5.93. The van der Waals surface area contributed by atoms with Crippen LogP contribution in [0.5, 0.6) is 0 Å². The Kier molecular flexibility index (Phi) is 3.66. The molecular weight excluding hydrogens is 270 g/mol. The zero-order chi connectivity index (χ0) is 13.9. The highest BCUT2D eigenvalue weighted by atomic mass is 32.2. The number of thioether (sulfide) groups is 1. The number of nitrogens with two attached hydrogens (primary N) is 1. The van der Waals surface area contributed by atoms with E-state index in [-0.39, 0.29) is 5.25 Å². The van der Waals surface area contributed by atoms with Crippen LogP contribution in [0.1, 0.15) is 16.4 Å². The van der Waals surface area contributed by atoms with Gasteiger partial charge in [0.05, 0.1) is 6.33 Å². The fourth-order valence-electron chi connectivity index (χ4n) is 2.09. The summed E-state index contributed by atoms with van der Waals surface area (Å²) in [6.45, 7) is 2.63. The second-order valence-electron chi connectivity index (χ2n) is 4.54. The maximum atomic E-state index is 5.93. The number of aromatic nitrogens is 4. The van der Waals surface area contributed by atoms with E-state index >= 15 is 0 Å². The van der Waals surface area contributed by atoms with Gasteiger partial charge in [-0.2, -0.15) is 0 Å². The second-order valence-corrected chi connectivity index (χ2v) is 5.73. The van der Waals surface area contributed by atoms with Crippen molar-refractivity contribution < 1.29 is 0 Å². The number of aromatic amines is 1. The van der Waals surface area contributed by atoms with Gasteiger partial charge in [0.2, 0.25) is 0 Å². The fraction of sp³-hybridized carbons (Fsp3) is 0.214. The number of fused-ring (bicyclic) bond motifs is 1. The average molecular weight is 285 g/mol. The SMILES string of the molecule is Cc1cccc(C(CN)Sc2ncnc3nc[nH]c23)c1. The molecule has 0 saturated carbocycles. The van der Waals surface area contributed by atoms with Crippen LogP contribution in [0.3, 0.4) is 0 Å². The largest absolute Gasteiger partial charge is 0.341 e. The Morgan fingerprint density at radius 3 is 3.00 bits per heavy atom. The Labute approximate surface area is 121 Å². The van der Waals surface area contributed by atoms with Gasteiger partial charge < -0.3 is 10.7 Å². The van der Waals surface area contributed by atoms with Crippen molar-refractivity contribution in [2.24, 2.45) is 5.73 Å². The highest BCUT2D eigenvalue weighted by Gasteiger charge is 2.15. The summed E-state index contributed by atoms with van der Waals surface area (Å²) >= 11 is 1.64. The minimum Gasteiger partial charge on any atom is -0.341 e. The number of benzene rings is 1. The molecule has 1 aromatic carbocycles. The first-order valence-electron chi connectivity index (χ1n) is 6.35. The maximum Gasteiger partial charge on any atom is 0.181 e. The Hall–Kier alpha value is -1.92. The van der Waals surface area contributed by atoms with E-state index in [0.717, 1.165) is 10.5 Å². The number of hydrogen-bond donors (Lipinski definition) is 2. The number of H-pyrrole nitrogens is 1. The van der Waals surface area contributed by atoms with Gasteiger partial charge in [-0.25, -0.2) is 15.0 Å². The molecule has 0 aliphatic rings. The van der Waals surface area contributed by atoms with Gasteiger partial charge in [-0.15, -0.1) is 0 Å². The third-order valence-corrected chi connectivity index (χ3v) is 4.35. The Morgan fingerprint density at radius 1 is 1.30 bits per heavy atom. The molecule has 0 aliphatic carbocycles. The molecule has 3 N–H and O–H groups in total. The molecule has 0 amide bonds. The van der Waals surface area contributed by atoms with E-state index in [1.807, 2.05) is 0 Å². The lowest BCUT2D eigenvalue weighted by molar-refractivity contribution is 0.932. The molecule has 2 heterocycles. The zero-order valence-electron chi connectivity index (χ0n) is 11.1. The molecule has 5 nitrogen and oxygen atoms in total. The molecule has 3 aromatic rings. The highest BCUT2D eigenvalue weighted by Crippen LogP contribution is 2.35. The third kappa shape index (κ3) is 2.52. The molecule has 0 bridgehead atoms. The Bertz CT molecular complexity index is 724. The van der Waals surface area contributed by atoms with Gasteiger partial charge in [0, 0.05) is 11.8 Å². The molecule has 2 aromatic heterocycles. The number of aryl methyl sites for hydroxylation is 1. The lowest BCUT2D eigenvalue weighted by Crippen LogP contribution is -2.09. The number of hydrogen-bond acceptors (Lipinski definition) is 5. The Balaban J connectivity index is 1.93. The summed E-state index contributed by atoms with van der Waals surface area (Å²) in [5.41, 5.74) is 9.92. The molecule has 20 heavy (non-hydrogen) atoms. The van der Waals surface area contributed by atoms with Crippen molar-refractivity contribution in [2.75, 3.05) is 6.54 Å². The van der Waals surface area contributed by atoms with E-state index in [2.05, 4.69) is 51.1 Å². The monoisotopic (exact) mass is 285 g/mol. The first-order chi connectivity index (χ1) is 9.78. The van der Waals surface area contributed by atoms with Crippen LogP contribution < -0.4 is 5.73 Å². The van der Waals surface area contributed by atoms with Crippen LogP contribution in [0.2, 0.25) is 0 Å².